The zero-order valence-electron chi connectivity index (χ0n) is 38.3. The summed E-state index contributed by atoms with van der Waals surface area (Å²) in [5.74, 6) is -0.0755. The molecule has 2 unspecified atom stereocenters. The summed E-state index contributed by atoms with van der Waals surface area (Å²) in [5.41, 5.74) is 0. The molecule has 0 spiro atoms. The zero-order chi connectivity index (χ0) is 41.5. The number of esters is 1. The van der Waals surface area contributed by atoms with E-state index in [-0.39, 0.29) is 18.5 Å². The van der Waals surface area contributed by atoms with Gasteiger partial charge in [0.05, 0.1) is 25.4 Å². The molecule has 0 saturated carbocycles. The molecule has 0 aromatic heterocycles. The van der Waals surface area contributed by atoms with Crippen LogP contribution in [0.25, 0.3) is 0 Å². The number of carbonyl (C=O) groups excluding carboxylic acids is 2. The Morgan fingerprint density at radius 3 is 1.26 bits per heavy atom. The summed E-state index contributed by atoms with van der Waals surface area (Å²) in [6.45, 7) is 4.91. The lowest BCUT2D eigenvalue weighted by Crippen LogP contribution is -2.45. The van der Waals surface area contributed by atoms with Gasteiger partial charge < -0.3 is 20.3 Å². The Morgan fingerprint density at radius 2 is 0.825 bits per heavy atom. The van der Waals surface area contributed by atoms with E-state index in [4.69, 9.17) is 4.74 Å². The molecule has 57 heavy (non-hydrogen) atoms. The van der Waals surface area contributed by atoms with E-state index in [1.54, 1.807) is 0 Å². The maximum atomic E-state index is 12.4. The van der Waals surface area contributed by atoms with E-state index in [9.17, 15) is 19.8 Å². The van der Waals surface area contributed by atoms with E-state index in [2.05, 4.69) is 31.3 Å². The lowest BCUT2D eigenvalue weighted by molar-refractivity contribution is -0.143. The Kier molecular flexibility index (Phi) is 46.1. The van der Waals surface area contributed by atoms with Gasteiger partial charge in [0.1, 0.15) is 0 Å². The first-order valence-electron chi connectivity index (χ1n) is 25.4. The van der Waals surface area contributed by atoms with Crippen molar-refractivity contribution in [2.75, 3.05) is 13.2 Å². The monoisotopic (exact) mass is 806 g/mol. The Bertz CT molecular complexity index is 847. The predicted molar refractivity (Wildman–Crippen MR) is 246 cm³/mol. The van der Waals surface area contributed by atoms with Crippen LogP contribution in [0.2, 0.25) is 0 Å². The number of allylic oxidation sites excluding steroid dienone is 2. The standard InChI is InChI=1S/C51H99NO5/c1-3-5-7-9-11-13-15-17-18-20-23-27-31-35-39-43-49(54)48(47-53)52-50(55)44-40-36-32-28-24-21-19-22-26-30-34-38-42-46-57-51(56)45-41-37-33-29-25-16-14-12-10-8-6-4-2/h21,24,48-49,53-54H,3-20,22-23,25-47H2,1-2H3,(H,52,55)/b24-21-. The molecule has 0 aromatic rings. The second kappa shape index (κ2) is 47.3. The number of carbonyl (C=O) groups is 2. The molecule has 6 heteroatoms. The molecule has 0 fully saturated rings. The normalized spacial score (nSPS) is 12.7. The Balaban J connectivity index is 3.50. The van der Waals surface area contributed by atoms with E-state index >= 15 is 0 Å². The Morgan fingerprint density at radius 1 is 0.474 bits per heavy atom. The molecule has 0 rings (SSSR count). The van der Waals surface area contributed by atoms with Gasteiger partial charge >= 0.3 is 5.97 Å². The van der Waals surface area contributed by atoms with Crippen molar-refractivity contribution in [1.29, 1.82) is 0 Å². The molecule has 0 heterocycles. The number of nitrogens with one attached hydrogen (secondary N) is 1. The van der Waals surface area contributed by atoms with Gasteiger partial charge in [-0.15, -0.1) is 0 Å². The van der Waals surface area contributed by atoms with Gasteiger partial charge in [0, 0.05) is 12.8 Å². The number of unbranched alkanes of at least 4 members (excludes halogenated alkanes) is 34. The molecule has 0 saturated heterocycles. The Labute approximate surface area is 355 Å². The minimum Gasteiger partial charge on any atom is -0.466 e. The van der Waals surface area contributed by atoms with Crippen molar-refractivity contribution in [3.05, 3.63) is 12.2 Å². The van der Waals surface area contributed by atoms with Gasteiger partial charge in [-0.05, 0) is 51.4 Å². The number of aliphatic hydroxyl groups excluding tert-OH is 2. The van der Waals surface area contributed by atoms with Crippen LogP contribution in [0.4, 0.5) is 0 Å². The van der Waals surface area contributed by atoms with E-state index in [0.29, 0.717) is 25.9 Å². The maximum absolute atomic E-state index is 12.4. The van der Waals surface area contributed by atoms with Gasteiger partial charge in [-0.1, -0.05) is 225 Å². The SMILES string of the molecule is CCCCCCCCCCCCCCCCCC(O)C(CO)NC(=O)CCCCC/C=C\CCCCCCCCOC(=O)CCCCCCCCCCCCCC. The second-order valence-electron chi connectivity index (χ2n) is 17.5. The third kappa shape index (κ3) is 44.0. The largest absolute Gasteiger partial charge is 0.466 e. The topological polar surface area (TPSA) is 95.9 Å². The van der Waals surface area contributed by atoms with Crippen LogP contribution < -0.4 is 5.32 Å². The number of hydrogen-bond donors (Lipinski definition) is 3. The van der Waals surface area contributed by atoms with Crippen LogP contribution in [0.5, 0.6) is 0 Å². The molecule has 3 N–H and O–H groups in total. The summed E-state index contributed by atoms with van der Waals surface area (Å²) >= 11 is 0. The molecule has 0 aliphatic carbocycles. The van der Waals surface area contributed by atoms with Crippen molar-refractivity contribution in [1.82, 2.24) is 5.32 Å². The molecule has 0 radical (unpaired) electrons. The number of rotatable bonds is 47. The molecule has 0 aliphatic heterocycles. The molecule has 338 valence electrons. The van der Waals surface area contributed by atoms with Crippen molar-refractivity contribution in [2.24, 2.45) is 0 Å². The molecule has 1 amide bonds. The fourth-order valence-corrected chi connectivity index (χ4v) is 7.87. The molecule has 2 atom stereocenters. The summed E-state index contributed by atoms with van der Waals surface area (Å²) in [6.07, 6.45) is 53.2. The second-order valence-corrected chi connectivity index (χ2v) is 17.5. The van der Waals surface area contributed by atoms with Crippen LogP contribution in [0.15, 0.2) is 12.2 Å². The molecular formula is C51H99NO5. The van der Waals surface area contributed by atoms with Crippen LogP contribution in [0.1, 0.15) is 277 Å². The van der Waals surface area contributed by atoms with Gasteiger partial charge in [0.2, 0.25) is 5.91 Å². The first kappa shape index (κ1) is 55.6. The highest BCUT2D eigenvalue weighted by Gasteiger charge is 2.20. The molecular weight excluding hydrogens is 707 g/mol. The highest BCUT2D eigenvalue weighted by atomic mass is 16.5. The molecule has 0 aliphatic rings. The lowest BCUT2D eigenvalue weighted by atomic mass is 10.0. The fraction of sp³-hybridized carbons (Fsp3) is 0.922. The van der Waals surface area contributed by atoms with Crippen LogP contribution in [-0.2, 0) is 14.3 Å². The van der Waals surface area contributed by atoms with Crippen LogP contribution in [0, 0.1) is 0 Å². The number of aliphatic hydroxyl groups is 2. The van der Waals surface area contributed by atoms with Gasteiger partial charge in [-0.2, -0.15) is 0 Å². The third-order valence-electron chi connectivity index (χ3n) is 11.8. The summed E-state index contributed by atoms with van der Waals surface area (Å²) in [5, 5.41) is 23.2. The van der Waals surface area contributed by atoms with Crippen molar-refractivity contribution in [3.8, 4) is 0 Å². The maximum Gasteiger partial charge on any atom is 0.305 e. The summed E-state index contributed by atoms with van der Waals surface area (Å²) in [4.78, 5) is 24.4. The highest BCUT2D eigenvalue weighted by molar-refractivity contribution is 5.76. The van der Waals surface area contributed by atoms with Crippen LogP contribution in [-0.4, -0.2) is 47.4 Å². The van der Waals surface area contributed by atoms with E-state index < -0.39 is 12.1 Å². The third-order valence-corrected chi connectivity index (χ3v) is 11.8. The smallest absolute Gasteiger partial charge is 0.305 e. The minimum absolute atomic E-state index is 0.0117. The van der Waals surface area contributed by atoms with Crippen molar-refractivity contribution in [3.63, 3.8) is 0 Å². The number of hydrogen-bond acceptors (Lipinski definition) is 5. The summed E-state index contributed by atoms with van der Waals surface area (Å²) in [7, 11) is 0. The van der Waals surface area contributed by atoms with Gasteiger partial charge in [0.25, 0.3) is 0 Å². The van der Waals surface area contributed by atoms with E-state index in [1.807, 2.05) is 0 Å². The van der Waals surface area contributed by atoms with Crippen molar-refractivity contribution in [2.45, 2.75) is 289 Å². The summed E-state index contributed by atoms with van der Waals surface area (Å²) in [6, 6.07) is -0.560. The van der Waals surface area contributed by atoms with Gasteiger partial charge in [-0.3, -0.25) is 9.59 Å². The first-order chi connectivity index (χ1) is 28.0. The van der Waals surface area contributed by atoms with Gasteiger partial charge in [-0.25, -0.2) is 0 Å². The molecule has 0 bridgehead atoms. The quantitative estimate of drug-likeness (QED) is 0.0323. The van der Waals surface area contributed by atoms with E-state index in [1.165, 1.54) is 173 Å². The van der Waals surface area contributed by atoms with Crippen molar-refractivity contribution >= 4 is 11.9 Å². The highest BCUT2D eigenvalue weighted by Crippen LogP contribution is 2.16. The van der Waals surface area contributed by atoms with Crippen LogP contribution in [0.3, 0.4) is 0 Å². The van der Waals surface area contributed by atoms with E-state index in [0.717, 1.165) is 70.6 Å². The fourth-order valence-electron chi connectivity index (χ4n) is 7.87. The number of amides is 1. The minimum atomic E-state index is -0.679. The van der Waals surface area contributed by atoms with Crippen molar-refractivity contribution < 1.29 is 24.5 Å². The van der Waals surface area contributed by atoms with Crippen LogP contribution >= 0.6 is 0 Å². The number of ether oxygens (including phenoxy) is 1. The van der Waals surface area contributed by atoms with Gasteiger partial charge in [0.15, 0.2) is 0 Å². The first-order valence-corrected chi connectivity index (χ1v) is 25.4. The lowest BCUT2D eigenvalue weighted by Gasteiger charge is -2.22. The zero-order valence-corrected chi connectivity index (χ0v) is 38.3. The Hall–Kier alpha value is -1.40. The summed E-state index contributed by atoms with van der Waals surface area (Å²) < 4.78 is 5.44. The molecule has 6 nitrogen and oxygen atoms in total. The average molecular weight is 806 g/mol. The average Bonchev–Trinajstić information content (AvgIpc) is 3.21. The predicted octanol–water partition coefficient (Wildman–Crippen LogP) is 15.0. The molecule has 0 aromatic carbocycles.